The second-order valence-corrected chi connectivity index (χ2v) is 8.58. The highest BCUT2D eigenvalue weighted by Gasteiger charge is 2.48. The molecule has 0 radical (unpaired) electrons. The van der Waals surface area contributed by atoms with Gasteiger partial charge in [-0.2, -0.15) is 13.2 Å². The predicted molar refractivity (Wildman–Crippen MR) is 98.1 cm³/mol. The minimum atomic E-state index is -4.52. The zero-order valence-corrected chi connectivity index (χ0v) is 16.0. The smallest absolute Gasteiger partial charge is 0.274 e. The maximum Gasteiger partial charge on any atom is 0.416 e. The first kappa shape index (κ1) is 20.4. The maximum atomic E-state index is 13.1. The standard InChI is InChI=1S/C20H20F3NO3S/c1-2-5-13-8-10-14(11-9-13)28(26,27)24-19(25)17-12-16(17)15-6-3-4-7-18(15)20(21,22)23/h3-4,6-11,16-17H,2,5,12H2,1H3,(H,24,25). The second kappa shape index (κ2) is 7.58. The van der Waals surface area contributed by atoms with Crippen LogP contribution >= 0.6 is 0 Å². The van der Waals surface area contributed by atoms with Crippen molar-refractivity contribution in [3.05, 3.63) is 65.2 Å². The third-order valence-corrected chi connectivity index (χ3v) is 6.16. The van der Waals surface area contributed by atoms with Crippen LogP contribution in [0.25, 0.3) is 0 Å². The molecule has 0 aromatic heterocycles. The van der Waals surface area contributed by atoms with E-state index < -0.39 is 39.5 Å². The summed E-state index contributed by atoms with van der Waals surface area (Å²) in [4.78, 5) is 12.3. The van der Waals surface area contributed by atoms with Crippen LogP contribution in [0.5, 0.6) is 0 Å². The second-order valence-electron chi connectivity index (χ2n) is 6.90. The van der Waals surface area contributed by atoms with Gasteiger partial charge < -0.3 is 0 Å². The van der Waals surface area contributed by atoms with Crippen LogP contribution in [-0.2, 0) is 27.4 Å². The van der Waals surface area contributed by atoms with E-state index in [2.05, 4.69) is 0 Å². The van der Waals surface area contributed by atoms with Crippen LogP contribution in [0.15, 0.2) is 53.4 Å². The highest BCUT2D eigenvalue weighted by atomic mass is 32.2. The molecule has 1 aliphatic carbocycles. The average Bonchev–Trinajstić information content (AvgIpc) is 3.42. The molecule has 28 heavy (non-hydrogen) atoms. The SMILES string of the molecule is CCCc1ccc(S(=O)(=O)NC(=O)C2CC2c2ccccc2C(F)(F)F)cc1. The predicted octanol–water partition coefficient (Wildman–Crippen LogP) is 4.27. The summed E-state index contributed by atoms with van der Waals surface area (Å²) in [6.45, 7) is 2.01. The zero-order chi connectivity index (χ0) is 20.5. The van der Waals surface area contributed by atoms with Crippen molar-refractivity contribution in [3.63, 3.8) is 0 Å². The molecule has 2 atom stereocenters. The van der Waals surface area contributed by atoms with Gasteiger partial charge in [-0.15, -0.1) is 0 Å². The number of carbonyl (C=O) groups is 1. The van der Waals surface area contributed by atoms with Gasteiger partial charge in [-0.25, -0.2) is 13.1 Å². The lowest BCUT2D eigenvalue weighted by atomic mass is 10.0. The van der Waals surface area contributed by atoms with Crippen LogP contribution in [0.1, 0.15) is 42.4 Å². The van der Waals surface area contributed by atoms with Gasteiger partial charge in [0.15, 0.2) is 0 Å². The van der Waals surface area contributed by atoms with Crippen molar-refractivity contribution >= 4 is 15.9 Å². The van der Waals surface area contributed by atoms with Gasteiger partial charge >= 0.3 is 6.18 Å². The number of nitrogens with one attached hydrogen (secondary N) is 1. The van der Waals surface area contributed by atoms with E-state index in [0.29, 0.717) is 0 Å². The summed E-state index contributed by atoms with van der Waals surface area (Å²) in [5, 5.41) is 0. The quantitative estimate of drug-likeness (QED) is 0.772. The Balaban J connectivity index is 1.71. The van der Waals surface area contributed by atoms with E-state index in [4.69, 9.17) is 0 Å². The number of halogens is 3. The van der Waals surface area contributed by atoms with E-state index in [9.17, 15) is 26.4 Å². The number of sulfonamides is 1. The Morgan fingerprint density at radius 3 is 2.36 bits per heavy atom. The third kappa shape index (κ3) is 4.38. The van der Waals surface area contributed by atoms with Gasteiger partial charge in [0.1, 0.15) is 0 Å². The molecule has 150 valence electrons. The molecule has 1 fully saturated rings. The summed E-state index contributed by atoms with van der Waals surface area (Å²) in [5.41, 5.74) is 0.222. The van der Waals surface area contributed by atoms with Crippen molar-refractivity contribution in [1.82, 2.24) is 4.72 Å². The van der Waals surface area contributed by atoms with Crippen molar-refractivity contribution in [1.29, 1.82) is 0 Å². The first-order valence-electron chi connectivity index (χ1n) is 8.95. The number of hydrogen-bond donors (Lipinski definition) is 1. The molecule has 8 heteroatoms. The van der Waals surface area contributed by atoms with Crippen LogP contribution in [0.4, 0.5) is 13.2 Å². The topological polar surface area (TPSA) is 63.2 Å². The fraction of sp³-hybridized carbons (Fsp3) is 0.350. The Morgan fingerprint density at radius 1 is 1.11 bits per heavy atom. The Morgan fingerprint density at radius 2 is 1.75 bits per heavy atom. The van der Waals surface area contributed by atoms with Crippen molar-refractivity contribution < 1.29 is 26.4 Å². The number of amides is 1. The van der Waals surface area contributed by atoms with Gasteiger partial charge in [-0.1, -0.05) is 43.7 Å². The van der Waals surface area contributed by atoms with E-state index in [0.717, 1.165) is 24.5 Å². The van der Waals surface area contributed by atoms with Crippen LogP contribution < -0.4 is 4.72 Å². The molecule has 0 bridgehead atoms. The fourth-order valence-electron chi connectivity index (χ4n) is 3.30. The van der Waals surface area contributed by atoms with Gasteiger partial charge in [-0.3, -0.25) is 4.79 Å². The number of hydrogen-bond acceptors (Lipinski definition) is 3. The summed E-state index contributed by atoms with van der Waals surface area (Å²) < 4.78 is 66.2. The Labute approximate surface area is 161 Å². The largest absolute Gasteiger partial charge is 0.416 e. The van der Waals surface area contributed by atoms with E-state index in [-0.39, 0.29) is 16.9 Å². The Kier molecular flexibility index (Phi) is 5.52. The summed E-state index contributed by atoms with van der Waals surface area (Å²) >= 11 is 0. The van der Waals surface area contributed by atoms with Crippen LogP contribution in [0.3, 0.4) is 0 Å². The molecule has 2 unspecified atom stereocenters. The summed E-state index contributed by atoms with van der Waals surface area (Å²) in [7, 11) is -4.06. The van der Waals surface area contributed by atoms with E-state index in [1.165, 1.54) is 30.3 Å². The molecule has 3 rings (SSSR count). The minimum Gasteiger partial charge on any atom is -0.274 e. The lowest BCUT2D eigenvalue weighted by Gasteiger charge is -2.12. The van der Waals surface area contributed by atoms with E-state index in [1.54, 1.807) is 12.1 Å². The van der Waals surface area contributed by atoms with E-state index >= 15 is 0 Å². The number of benzene rings is 2. The Hall–Kier alpha value is -2.35. The molecule has 0 saturated heterocycles. The van der Waals surface area contributed by atoms with Crippen LogP contribution in [-0.4, -0.2) is 14.3 Å². The number of alkyl halides is 3. The van der Waals surface area contributed by atoms with Crippen LogP contribution in [0.2, 0.25) is 0 Å². The molecule has 1 aliphatic rings. The molecular weight excluding hydrogens is 391 g/mol. The van der Waals surface area contributed by atoms with Gasteiger partial charge in [-0.05, 0) is 48.1 Å². The first-order chi connectivity index (χ1) is 13.1. The van der Waals surface area contributed by atoms with Crippen molar-refractivity contribution in [3.8, 4) is 0 Å². The van der Waals surface area contributed by atoms with Gasteiger partial charge in [0, 0.05) is 5.92 Å². The molecule has 1 amide bonds. The molecule has 0 heterocycles. The first-order valence-corrected chi connectivity index (χ1v) is 10.4. The fourth-order valence-corrected chi connectivity index (χ4v) is 4.33. The average molecular weight is 411 g/mol. The molecule has 0 spiro atoms. The third-order valence-electron chi connectivity index (χ3n) is 4.80. The molecule has 2 aromatic rings. The Bertz CT molecular complexity index is 969. The maximum absolute atomic E-state index is 13.1. The van der Waals surface area contributed by atoms with E-state index in [1.807, 2.05) is 11.6 Å². The molecular formula is C20H20F3NO3S. The lowest BCUT2D eigenvalue weighted by Crippen LogP contribution is -2.32. The number of carbonyl (C=O) groups excluding carboxylic acids is 1. The zero-order valence-electron chi connectivity index (χ0n) is 15.2. The normalized spacial score (nSPS) is 19.3. The molecule has 1 N–H and O–H groups in total. The summed E-state index contributed by atoms with van der Waals surface area (Å²) in [6, 6.07) is 11.3. The molecule has 4 nitrogen and oxygen atoms in total. The van der Waals surface area contributed by atoms with Crippen molar-refractivity contribution in [2.75, 3.05) is 0 Å². The lowest BCUT2D eigenvalue weighted by molar-refractivity contribution is -0.138. The summed E-state index contributed by atoms with van der Waals surface area (Å²) in [5.74, 6) is -2.21. The number of rotatable bonds is 6. The molecule has 1 saturated carbocycles. The molecule has 2 aromatic carbocycles. The van der Waals surface area contributed by atoms with Crippen LogP contribution in [0, 0.1) is 5.92 Å². The van der Waals surface area contributed by atoms with Crippen molar-refractivity contribution in [2.24, 2.45) is 5.92 Å². The van der Waals surface area contributed by atoms with Gasteiger partial charge in [0.05, 0.1) is 10.5 Å². The highest BCUT2D eigenvalue weighted by Crippen LogP contribution is 2.51. The monoisotopic (exact) mass is 411 g/mol. The van der Waals surface area contributed by atoms with Gasteiger partial charge in [0.2, 0.25) is 5.91 Å². The van der Waals surface area contributed by atoms with Gasteiger partial charge in [0.25, 0.3) is 10.0 Å². The van der Waals surface area contributed by atoms with Crippen molar-refractivity contribution in [2.45, 2.75) is 43.2 Å². The summed E-state index contributed by atoms with van der Waals surface area (Å²) in [6.07, 6.45) is -2.60. The molecule has 0 aliphatic heterocycles. The number of aryl methyl sites for hydroxylation is 1. The minimum absolute atomic E-state index is 0.0245. The highest BCUT2D eigenvalue weighted by molar-refractivity contribution is 7.90.